The zero-order valence-corrected chi connectivity index (χ0v) is 16.9. The quantitative estimate of drug-likeness (QED) is 0.345. The predicted octanol–water partition coefficient (Wildman–Crippen LogP) is 6.26. The van der Waals surface area contributed by atoms with Gasteiger partial charge in [-0.1, -0.05) is 12.1 Å². The van der Waals surface area contributed by atoms with Gasteiger partial charge < -0.3 is 14.4 Å². The van der Waals surface area contributed by atoms with Crippen LogP contribution in [0.4, 0.5) is 22.0 Å². The van der Waals surface area contributed by atoms with Gasteiger partial charge in [-0.2, -0.15) is 13.2 Å². The Balaban J connectivity index is 1.72. The second kappa shape index (κ2) is 8.57. The van der Waals surface area contributed by atoms with E-state index in [0.29, 0.717) is 10.9 Å². The Morgan fingerprint density at radius 3 is 2.33 bits per heavy atom. The van der Waals surface area contributed by atoms with Crippen molar-refractivity contribution in [3.05, 3.63) is 101 Å². The highest BCUT2D eigenvalue weighted by Crippen LogP contribution is 2.34. The third-order valence-electron chi connectivity index (χ3n) is 5.21. The lowest BCUT2D eigenvalue weighted by Gasteiger charge is -2.16. The van der Waals surface area contributed by atoms with Crippen molar-refractivity contribution in [2.24, 2.45) is 0 Å². The fourth-order valence-electron chi connectivity index (χ4n) is 3.57. The van der Waals surface area contributed by atoms with Gasteiger partial charge in [0.15, 0.2) is 0 Å². The molecule has 0 radical (unpaired) electrons. The van der Waals surface area contributed by atoms with Gasteiger partial charge in [0.25, 0.3) is 0 Å². The van der Waals surface area contributed by atoms with Crippen molar-refractivity contribution < 1.29 is 36.6 Å². The molecule has 170 valence electrons. The summed E-state index contributed by atoms with van der Waals surface area (Å²) >= 11 is 0. The summed E-state index contributed by atoms with van der Waals surface area (Å²) in [5, 5.41) is 9.78. The summed E-state index contributed by atoms with van der Waals surface area (Å²) in [4.78, 5) is 11.5. The predicted molar refractivity (Wildman–Crippen MR) is 110 cm³/mol. The maximum atomic E-state index is 13.9. The summed E-state index contributed by atoms with van der Waals surface area (Å²) in [5.74, 6) is -2.78. The van der Waals surface area contributed by atoms with E-state index in [1.807, 2.05) is 0 Å². The minimum Gasteiger partial charge on any atom is -0.488 e. The van der Waals surface area contributed by atoms with E-state index in [1.165, 1.54) is 18.2 Å². The van der Waals surface area contributed by atoms with Gasteiger partial charge in [0.2, 0.25) is 0 Å². The number of benzene rings is 3. The molecule has 9 heteroatoms. The normalized spacial score (nSPS) is 11.7. The van der Waals surface area contributed by atoms with Crippen molar-refractivity contribution >= 4 is 16.9 Å². The molecule has 0 amide bonds. The average molecular weight is 461 g/mol. The van der Waals surface area contributed by atoms with E-state index in [1.54, 1.807) is 22.9 Å². The Bertz CT molecular complexity index is 1320. The van der Waals surface area contributed by atoms with E-state index < -0.39 is 36.0 Å². The molecule has 4 aromatic rings. The number of nitrogens with zero attached hydrogens (tertiary/aromatic N) is 1. The Labute approximate surface area is 184 Å². The van der Waals surface area contributed by atoms with Crippen molar-refractivity contribution in [1.82, 2.24) is 4.57 Å². The van der Waals surface area contributed by atoms with Gasteiger partial charge >= 0.3 is 12.1 Å². The second-order valence-corrected chi connectivity index (χ2v) is 7.30. The molecule has 1 aromatic heterocycles. The first-order chi connectivity index (χ1) is 15.6. The van der Waals surface area contributed by atoms with Gasteiger partial charge in [-0.3, -0.25) is 0 Å². The number of hydrogen-bond acceptors (Lipinski definition) is 2. The van der Waals surface area contributed by atoms with Crippen molar-refractivity contribution in [3.8, 4) is 5.75 Å². The molecule has 33 heavy (non-hydrogen) atoms. The maximum Gasteiger partial charge on any atom is 0.416 e. The highest BCUT2D eigenvalue weighted by atomic mass is 19.4. The number of alkyl halides is 3. The summed E-state index contributed by atoms with van der Waals surface area (Å²) in [7, 11) is 0. The van der Waals surface area contributed by atoms with E-state index in [4.69, 9.17) is 4.74 Å². The Morgan fingerprint density at radius 1 is 0.970 bits per heavy atom. The molecule has 0 aliphatic rings. The molecule has 0 saturated heterocycles. The molecule has 1 heterocycles. The minimum absolute atomic E-state index is 0.0156. The number of carbonyl (C=O) groups is 1. The van der Waals surface area contributed by atoms with Crippen molar-refractivity contribution in [2.45, 2.75) is 19.3 Å². The lowest BCUT2D eigenvalue weighted by Crippen LogP contribution is -2.09. The van der Waals surface area contributed by atoms with Crippen LogP contribution in [0.2, 0.25) is 0 Å². The molecule has 0 aliphatic carbocycles. The van der Waals surface area contributed by atoms with E-state index in [-0.39, 0.29) is 29.0 Å². The SMILES string of the molecule is O=C(O)c1cccc2c1ccn2Cc1cc(C(F)(F)F)ccc1OCc1c(F)cccc1F. The molecule has 0 aliphatic heterocycles. The molecule has 0 unspecified atom stereocenters. The largest absolute Gasteiger partial charge is 0.488 e. The summed E-state index contributed by atoms with van der Waals surface area (Å²) in [6.07, 6.45) is -3.06. The number of rotatable bonds is 6. The molecular formula is C24H16F5NO3. The Morgan fingerprint density at radius 2 is 1.67 bits per heavy atom. The van der Waals surface area contributed by atoms with Gasteiger partial charge in [-0.05, 0) is 48.5 Å². The first-order valence-corrected chi connectivity index (χ1v) is 9.72. The highest BCUT2D eigenvalue weighted by Gasteiger charge is 2.31. The lowest BCUT2D eigenvalue weighted by molar-refractivity contribution is -0.137. The zero-order valence-electron chi connectivity index (χ0n) is 16.9. The number of aromatic carboxylic acids is 1. The van der Waals surface area contributed by atoms with Crippen LogP contribution in [0.1, 0.15) is 27.0 Å². The third-order valence-corrected chi connectivity index (χ3v) is 5.21. The zero-order chi connectivity index (χ0) is 23.8. The highest BCUT2D eigenvalue weighted by molar-refractivity contribution is 6.03. The van der Waals surface area contributed by atoms with Gasteiger partial charge in [-0.15, -0.1) is 0 Å². The molecule has 0 fully saturated rings. The number of carboxylic acid groups (broad SMARTS) is 1. The number of hydrogen-bond donors (Lipinski definition) is 1. The molecular weight excluding hydrogens is 445 g/mol. The topological polar surface area (TPSA) is 51.5 Å². The summed E-state index contributed by atoms with van der Waals surface area (Å²) < 4.78 is 74.9. The summed E-state index contributed by atoms with van der Waals surface area (Å²) in [5.41, 5.74) is -0.592. The van der Waals surface area contributed by atoms with Crippen molar-refractivity contribution in [1.29, 1.82) is 0 Å². The van der Waals surface area contributed by atoms with Crippen LogP contribution in [0.3, 0.4) is 0 Å². The van der Waals surface area contributed by atoms with Crippen molar-refractivity contribution in [3.63, 3.8) is 0 Å². The van der Waals surface area contributed by atoms with Crippen LogP contribution < -0.4 is 4.74 Å². The Hall–Kier alpha value is -3.88. The van der Waals surface area contributed by atoms with Crippen LogP contribution in [-0.2, 0) is 19.3 Å². The van der Waals surface area contributed by atoms with Crippen LogP contribution in [-0.4, -0.2) is 15.6 Å². The summed E-state index contributed by atoms with van der Waals surface area (Å²) in [6.45, 7) is -0.613. The second-order valence-electron chi connectivity index (χ2n) is 7.30. The summed E-state index contributed by atoms with van der Waals surface area (Å²) in [6, 6.07) is 12.3. The fraction of sp³-hybridized carbons (Fsp3) is 0.125. The monoisotopic (exact) mass is 461 g/mol. The molecule has 0 saturated carbocycles. The van der Waals surface area contributed by atoms with E-state index >= 15 is 0 Å². The average Bonchev–Trinajstić information content (AvgIpc) is 3.16. The minimum atomic E-state index is -4.61. The number of carboxylic acids is 1. The molecule has 0 atom stereocenters. The molecule has 4 nitrogen and oxygen atoms in total. The molecule has 4 rings (SSSR count). The van der Waals surface area contributed by atoms with Crippen LogP contribution in [0.25, 0.3) is 10.9 Å². The number of ether oxygens (including phenoxy) is 1. The fourth-order valence-corrected chi connectivity index (χ4v) is 3.57. The van der Waals surface area contributed by atoms with Crippen molar-refractivity contribution in [2.75, 3.05) is 0 Å². The van der Waals surface area contributed by atoms with Gasteiger partial charge in [0.1, 0.15) is 24.0 Å². The smallest absolute Gasteiger partial charge is 0.416 e. The van der Waals surface area contributed by atoms with E-state index in [0.717, 1.165) is 30.3 Å². The lowest BCUT2D eigenvalue weighted by atomic mass is 10.1. The molecule has 3 aromatic carbocycles. The number of aromatic nitrogens is 1. The third kappa shape index (κ3) is 4.52. The van der Waals surface area contributed by atoms with Gasteiger partial charge in [0, 0.05) is 22.7 Å². The van der Waals surface area contributed by atoms with Gasteiger partial charge in [0.05, 0.1) is 23.2 Å². The van der Waals surface area contributed by atoms with E-state index in [2.05, 4.69) is 0 Å². The first kappa shape index (κ1) is 22.3. The van der Waals surface area contributed by atoms with Crippen LogP contribution in [0.5, 0.6) is 5.75 Å². The van der Waals surface area contributed by atoms with Crippen LogP contribution >= 0.6 is 0 Å². The number of halogens is 5. The molecule has 0 spiro atoms. The maximum absolute atomic E-state index is 13.9. The molecule has 1 N–H and O–H groups in total. The number of fused-ring (bicyclic) bond motifs is 1. The first-order valence-electron chi connectivity index (χ1n) is 9.72. The standard InChI is InChI=1S/C24H16F5NO3/c25-19-4-2-5-20(26)18(19)13-33-22-8-7-15(24(27,28)29)11-14(22)12-30-10-9-16-17(23(31)32)3-1-6-21(16)30/h1-11H,12-13H2,(H,31,32). The Kier molecular flexibility index (Phi) is 5.80. The van der Waals surface area contributed by atoms with Crippen LogP contribution in [0, 0.1) is 11.6 Å². The van der Waals surface area contributed by atoms with Crippen LogP contribution in [0.15, 0.2) is 66.9 Å². The molecule has 0 bridgehead atoms. The van der Waals surface area contributed by atoms with E-state index in [9.17, 15) is 31.9 Å². The van der Waals surface area contributed by atoms with Gasteiger partial charge in [-0.25, -0.2) is 13.6 Å².